The van der Waals surface area contributed by atoms with Crippen LogP contribution in [0.25, 0.3) is 0 Å². The average molecular weight is 411 g/mol. The van der Waals surface area contributed by atoms with E-state index in [1.54, 1.807) is 24.3 Å². The van der Waals surface area contributed by atoms with E-state index >= 15 is 0 Å². The highest BCUT2D eigenvalue weighted by molar-refractivity contribution is 7.12. The number of thiophene rings is 1. The molecule has 0 fully saturated rings. The highest BCUT2D eigenvalue weighted by Gasteiger charge is 2.22. The van der Waals surface area contributed by atoms with Crippen molar-refractivity contribution in [2.24, 2.45) is 0 Å². The van der Waals surface area contributed by atoms with Crippen molar-refractivity contribution in [2.75, 3.05) is 5.32 Å². The Hall–Kier alpha value is -2.63. The lowest BCUT2D eigenvalue weighted by Crippen LogP contribution is -2.31. The van der Waals surface area contributed by atoms with E-state index in [1.165, 1.54) is 22.5 Å². The third-order valence-corrected chi connectivity index (χ3v) is 6.09. The third kappa shape index (κ3) is 3.96. The number of anilines is 1. The van der Waals surface area contributed by atoms with Crippen LogP contribution in [-0.2, 0) is 6.42 Å². The predicted octanol–water partition coefficient (Wildman–Crippen LogP) is 5.46. The van der Waals surface area contributed by atoms with E-state index in [2.05, 4.69) is 22.8 Å². The summed E-state index contributed by atoms with van der Waals surface area (Å²) in [6.07, 6.45) is 3.01. The number of aryl methyl sites for hydroxylation is 1. The van der Waals surface area contributed by atoms with Crippen LogP contribution in [-0.4, -0.2) is 11.8 Å². The predicted molar refractivity (Wildman–Crippen MR) is 113 cm³/mol. The summed E-state index contributed by atoms with van der Waals surface area (Å²) >= 11 is 7.57. The van der Waals surface area contributed by atoms with Gasteiger partial charge in [-0.05, 0) is 60.0 Å². The Labute approximate surface area is 172 Å². The topological polar surface area (TPSA) is 58.2 Å². The van der Waals surface area contributed by atoms with Gasteiger partial charge in [-0.25, -0.2) is 0 Å². The minimum Gasteiger partial charge on any atom is -0.345 e. The molecule has 4 nitrogen and oxygen atoms in total. The van der Waals surface area contributed by atoms with Crippen molar-refractivity contribution in [1.29, 1.82) is 0 Å². The summed E-state index contributed by atoms with van der Waals surface area (Å²) in [5.41, 5.74) is 3.37. The minimum atomic E-state index is -0.240. The van der Waals surface area contributed by atoms with Crippen molar-refractivity contribution in [3.63, 3.8) is 0 Å². The first-order valence-electron chi connectivity index (χ1n) is 9.15. The number of halogens is 1. The highest BCUT2D eigenvalue weighted by atomic mass is 35.5. The van der Waals surface area contributed by atoms with Crippen molar-refractivity contribution >= 4 is 40.4 Å². The molecule has 6 heteroatoms. The molecule has 0 radical (unpaired) electrons. The first-order chi connectivity index (χ1) is 13.6. The van der Waals surface area contributed by atoms with Crippen molar-refractivity contribution < 1.29 is 9.59 Å². The van der Waals surface area contributed by atoms with E-state index in [9.17, 15) is 9.59 Å². The molecular formula is C22H19ClN2O2S. The smallest absolute Gasteiger partial charge is 0.265 e. The summed E-state index contributed by atoms with van der Waals surface area (Å²) in [5, 5.41) is 8.14. The second-order valence-corrected chi connectivity index (χ2v) is 8.10. The molecule has 1 aliphatic rings. The lowest BCUT2D eigenvalue weighted by atomic mass is 9.87. The molecule has 4 rings (SSSR count). The van der Waals surface area contributed by atoms with Gasteiger partial charge in [-0.15, -0.1) is 11.3 Å². The summed E-state index contributed by atoms with van der Waals surface area (Å²) in [5.74, 6) is -0.416. The molecule has 0 bridgehead atoms. The Kier molecular flexibility index (Phi) is 5.46. The van der Waals surface area contributed by atoms with Crippen LogP contribution in [0.4, 0.5) is 5.69 Å². The number of amides is 2. The number of benzene rings is 2. The maximum absolute atomic E-state index is 12.8. The zero-order valence-corrected chi connectivity index (χ0v) is 16.6. The van der Waals surface area contributed by atoms with Gasteiger partial charge in [-0.3, -0.25) is 9.59 Å². The van der Waals surface area contributed by atoms with Gasteiger partial charge in [0, 0.05) is 5.56 Å². The Bertz CT molecular complexity index is 1020. The Balaban J connectivity index is 1.52. The monoisotopic (exact) mass is 410 g/mol. The van der Waals surface area contributed by atoms with Gasteiger partial charge in [0.25, 0.3) is 11.8 Å². The van der Waals surface area contributed by atoms with Crippen LogP contribution in [0.2, 0.25) is 5.02 Å². The van der Waals surface area contributed by atoms with Crippen molar-refractivity contribution in [3.05, 3.63) is 86.6 Å². The molecule has 0 unspecified atom stereocenters. The van der Waals surface area contributed by atoms with Crippen LogP contribution in [0.3, 0.4) is 0 Å². The van der Waals surface area contributed by atoms with Crippen molar-refractivity contribution in [2.45, 2.75) is 25.3 Å². The van der Waals surface area contributed by atoms with Crippen LogP contribution in [0.1, 0.15) is 50.0 Å². The molecule has 1 aromatic heterocycles. The van der Waals surface area contributed by atoms with Crippen molar-refractivity contribution in [1.82, 2.24) is 5.32 Å². The number of hydrogen-bond acceptors (Lipinski definition) is 3. The van der Waals surface area contributed by atoms with Crippen LogP contribution in [0, 0.1) is 0 Å². The maximum atomic E-state index is 12.8. The molecule has 142 valence electrons. The fraction of sp³-hybridized carbons (Fsp3) is 0.182. The SMILES string of the molecule is O=C(N[C@H]1CCCc2ccccc21)c1ccc(Cl)c(NC(=O)c2cccs2)c1. The number of carbonyl (C=O) groups excluding carboxylic acids is 2. The molecule has 1 aliphatic carbocycles. The maximum Gasteiger partial charge on any atom is 0.265 e. The average Bonchev–Trinajstić information content (AvgIpc) is 3.25. The molecule has 1 heterocycles. The Morgan fingerprint density at radius 3 is 2.71 bits per heavy atom. The number of nitrogens with one attached hydrogen (secondary N) is 2. The summed E-state index contributed by atoms with van der Waals surface area (Å²) in [7, 11) is 0. The fourth-order valence-corrected chi connectivity index (χ4v) is 4.28. The van der Waals surface area contributed by atoms with Crippen LogP contribution >= 0.6 is 22.9 Å². The first-order valence-corrected chi connectivity index (χ1v) is 10.4. The van der Waals surface area contributed by atoms with E-state index in [0.29, 0.717) is 21.2 Å². The van der Waals surface area contributed by atoms with Crippen LogP contribution < -0.4 is 10.6 Å². The molecule has 1 atom stereocenters. The summed E-state index contributed by atoms with van der Waals surface area (Å²) in [6.45, 7) is 0. The van der Waals surface area contributed by atoms with E-state index in [0.717, 1.165) is 19.3 Å². The van der Waals surface area contributed by atoms with E-state index in [4.69, 9.17) is 11.6 Å². The molecule has 0 aliphatic heterocycles. The normalized spacial score (nSPS) is 15.5. The van der Waals surface area contributed by atoms with Gasteiger partial charge in [0.15, 0.2) is 0 Å². The minimum absolute atomic E-state index is 0.00251. The molecule has 2 aromatic carbocycles. The summed E-state index contributed by atoms with van der Waals surface area (Å²) in [4.78, 5) is 25.7. The molecule has 0 saturated carbocycles. The van der Waals surface area contributed by atoms with E-state index in [1.807, 2.05) is 23.6 Å². The number of rotatable bonds is 4. The molecule has 2 N–H and O–H groups in total. The third-order valence-electron chi connectivity index (χ3n) is 4.90. The fourth-order valence-electron chi connectivity index (χ4n) is 3.50. The quantitative estimate of drug-likeness (QED) is 0.599. The van der Waals surface area contributed by atoms with Gasteiger partial charge in [-0.2, -0.15) is 0 Å². The molecule has 3 aromatic rings. The second-order valence-electron chi connectivity index (χ2n) is 6.74. The number of hydrogen-bond donors (Lipinski definition) is 2. The number of fused-ring (bicyclic) bond motifs is 1. The summed E-state index contributed by atoms with van der Waals surface area (Å²) in [6, 6.07) is 16.7. The second kappa shape index (κ2) is 8.17. The standard InChI is InChI=1S/C22H19ClN2O2S/c23-17-11-10-15(13-19(17)25-22(27)20-9-4-12-28-20)21(26)24-18-8-3-6-14-5-1-2-7-16(14)18/h1-2,4-5,7,9-13,18H,3,6,8H2,(H,24,26)(H,25,27)/t18-/m0/s1. The first kappa shape index (κ1) is 18.7. The molecule has 2 amide bonds. The lowest BCUT2D eigenvalue weighted by Gasteiger charge is -2.26. The molecule has 28 heavy (non-hydrogen) atoms. The summed E-state index contributed by atoms with van der Waals surface area (Å²) < 4.78 is 0. The van der Waals surface area contributed by atoms with Gasteiger partial charge >= 0.3 is 0 Å². The molecular weight excluding hydrogens is 392 g/mol. The largest absolute Gasteiger partial charge is 0.345 e. The van der Waals surface area contributed by atoms with Gasteiger partial charge in [-0.1, -0.05) is 41.9 Å². The van der Waals surface area contributed by atoms with Gasteiger partial charge < -0.3 is 10.6 Å². The van der Waals surface area contributed by atoms with Gasteiger partial charge in [0.2, 0.25) is 0 Å². The molecule has 0 saturated heterocycles. The Morgan fingerprint density at radius 2 is 1.89 bits per heavy atom. The lowest BCUT2D eigenvalue weighted by molar-refractivity contribution is 0.0931. The Morgan fingerprint density at radius 1 is 1.04 bits per heavy atom. The number of carbonyl (C=O) groups is 2. The van der Waals surface area contributed by atoms with Gasteiger partial charge in [0.1, 0.15) is 0 Å². The van der Waals surface area contributed by atoms with Crippen LogP contribution in [0.15, 0.2) is 60.0 Å². The highest BCUT2D eigenvalue weighted by Crippen LogP contribution is 2.30. The zero-order chi connectivity index (χ0) is 19.5. The zero-order valence-electron chi connectivity index (χ0n) is 15.1. The van der Waals surface area contributed by atoms with Crippen molar-refractivity contribution in [3.8, 4) is 0 Å². The van der Waals surface area contributed by atoms with Crippen LogP contribution in [0.5, 0.6) is 0 Å². The van der Waals surface area contributed by atoms with E-state index in [-0.39, 0.29) is 17.9 Å². The van der Waals surface area contributed by atoms with Gasteiger partial charge in [0.05, 0.1) is 21.6 Å². The van der Waals surface area contributed by atoms with E-state index < -0.39 is 0 Å². The molecule has 0 spiro atoms.